The molecule has 3 aromatic rings. The number of likely N-dealkylation sites (N-methyl/N-ethyl adjacent to an activating group) is 1. The summed E-state index contributed by atoms with van der Waals surface area (Å²) >= 11 is 0. The molecule has 0 saturated carbocycles. The molecule has 0 atom stereocenters. The molecule has 4 rings (SSSR count). The van der Waals surface area contributed by atoms with Crippen LogP contribution in [0, 0.1) is 0 Å². The zero-order chi connectivity index (χ0) is 19.3. The van der Waals surface area contributed by atoms with Crippen LogP contribution in [-0.4, -0.2) is 59.4 Å². The average Bonchev–Trinajstić information content (AvgIpc) is 3.19. The number of methoxy groups -OCH3 is 1. The number of ether oxygens (including phenoxy) is 1. The molecule has 0 aliphatic carbocycles. The molecule has 0 N–H and O–H groups in total. The Morgan fingerprint density at radius 1 is 0.893 bits per heavy atom. The van der Waals surface area contributed by atoms with Gasteiger partial charge in [-0.15, -0.1) is 0 Å². The van der Waals surface area contributed by atoms with Crippen LogP contribution < -0.4 is 4.74 Å². The lowest BCUT2D eigenvalue weighted by Crippen LogP contribution is -2.45. The SMILES string of the molecule is CCN1CCN(Cc2cn(-c3ccccc3)nc2-c2ccc(OC)cc2)CC1. The Labute approximate surface area is 167 Å². The Bertz CT molecular complexity index is 881. The highest BCUT2D eigenvalue weighted by Crippen LogP contribution is 2.27. The van der Waals surface area contributed by atoms with Gasteiger partial charge in [0.25, 0.3) is 0 Å². The molecular weight excluding hydrogens is 348 g/mol. The molecule has 0 unspecified atom stereocenters. The van der Waals surface area contributed by atoms with Crippen LogP contribution in [0.4, 0.5) is 0 Å². The van der Waals surface area contributed by atoms with Crippen molar-refractivity contribution < 1.29 is 4.74 Å². The van der Waals surface area contributed by atoms with E-state index in [1.54, 1.807) is 7.11 Å². The van der Waals surface area contributed by atoms with Gasteiger partial charge in [-0.3, -0.25) is 4.90 Å². The van der Waals surface area contributed by atoms with Crippen molar-refractivity contribution in [3.05, 3.63) is 66.4 Å². The Kier molecular flexibility index (Phi) is 5.74. The van der Waals surface area contributed by atoms with Gasteiger partial charge in [0.05, 0.1) is 18.5 Å². The van der Waals surface area contributed by atoms with Crippen molar-refractivity contribution in [3.8, 4) is 22.7 Å². The lowest BCUT2D eigenvalue weighted by atomic mass is 10.1. The van der Waals surface area contributed by atoms with Crippen LogP contribution in [0.2, 0.25) is 0 Å². The van der Waals surface area contributed by atoms with Gasteiger partial charge in [0, 0.05) is 50.0 Å². The van der Waals surface area contributed by atoms with E-state index in [0.717, 1.165) is 62.0 Å². The third-order valence-electron chi connectivity index (χ3n) is 5.48. The smallest absolute Gasteiger partial charge is 0.118 e. The standard InChI is InChI=1S/C23H28N4O/c1-3-25-13-15-26(16-14-25)17-20-18-27(21-7-5-4-6-8-21)24-23(20)19-9-11-22(28-2)12-10-19/h4-12,18H,3,13-17H2,1-2H3. The van der Waals surface area contributed by atoms with Crippen LogP contribution in [-0.2, 0) is 6.54 Å². The Morgan fingerprint density at radius 2 is 1.57 bits per heavy atom. The van der Waals surface area contributed by atoms with Crippen LogP contribution in [0.1, 0.15) is 12.5 Å². The van der Waals surface area contributed by atoms with Crippen LogP contribution in [0.15, 0.2) is 60.8 Å². The van der Waals surface area contributed by atoms with Gasteiger partial charge in [-0.25, -0.2) is 4.68 Å². The molecule has 0 amide bonds. The third kappa shape index (κ3) is 4.11. The minimum absolute atomic E-state index is 0.864. The third-order valence-corrected chi connectivity index (χ3v) is 5.48. The van der Waals surface area contributed by atoms with Gasteiger partial charge >= 0.3 is 0 Å². The predicted molar refractivity (Wildman–Crippen MR) is 113 cm³/mol. The number of hydrogen-bond acceptors (Lipinski definition) is 4. The number of nitrogens with zero attached hydrogens (tertiary/aromatic N) is 4. The van der Waals surface area contributed by atoms with Crippen LogP contribution >= 0.6 is 0 Å². The predicted octanol–water partition coefficient (Wildman–Crippen LogP) is 3.69. The lowest BCUT2D eigenvalue weighted by Gasteiger charge is -2.33. The van der Waals surface area contributed by atoms with Crippen LogP contribution in [0.5, 0.6) is 5.75 Å². The molecule has 28 heavy (non-hydrogen) atoms. The first-order valence-corrected chi connectivity index (χ1v) is 10.00. The van der Waals surface area contributed by atoms with Crippen molar-refractivity contribution in [1.82, 2.24) is 19.6 Å². The van der Waals surface area contributed by atoms with Crippen LogP contribution in [0.25, 0.3) is 16.9 Å². The van der Waals surface area contributed by atoms with E-state index in [4.69, 9.17) is 9.84 Å². The van der Waals surface area contributed by atoms with Crippen molar-refractivity contribution in [2.75, 3.05) is 39.8 Å². The fraction of sp³-hybridized carbons (Fsp3) is 0.348. The number of benzene rings is 2. The molecule has 0 radical (unpaired) electrons. The summed E-state index contributed by atoms with van der Waals surface area (Å²) in [4.78, 5) is 5.04. The van der Waals surface area contributed by atoms with Crippen molar-refractivity contribution in [1.29, 1.82) is 0 Å². The molecule has 1 fully saturated rings. The topological polar surface area (TPSA) is 33.5 Å². The number of para-hydroxylation sites is 1. The lowest BCUT2D eigenvalue weighted by molar-refractivity contribution is 0.132. The van der Waals surface area contributed by atoms with Gasteiger partial charge in [0.2, 0.25) is 0 Å². The van der Waals surface area contributed by atoms with E-state index in [1.165, 1.54) is 5.56 Å². The molecule has 1 saturated heterocycles. The Balaban J connectivity index is 1.64. The van der Waals surface area contributed by atoms with E-state index in [1.807, 2.05) is 35.0 Å². The Hall–Kier alpha value is -2.63. The molecule has 0 bridgehead atoms. The van der Waals surface area contributed by atoms with Gasteiger partial charge in [-0.2, -0.15) is 5.10 Å². The van der Waals surface area contributed by atoms with Gasteiger partial charge in [0.15, 0.2) is 0 Å². The molecular formula is C23H28N4O. The van der Waals surface area contributed by atoms with Crippen molar-refractivity contribution >= 4 is 0 Å². The van der Waals surface area contributed by atoms with Gasteiger partial charge in [-0.05, 0) is 42.9 Å². The molecule has 146 valence electrons. The quantitative estimate of drug-likeness (QED) is 0.657. The minimum atomic E-state index is 0.864. The molecule has 5 heteroatoms. The summed E-state index contributed by atoms with van der Waals surface area (Å²) in [5.41, 5.74) is 4.51. The number of hydrogen-bond donors (Lipinski definition) is 0. The molecule has 2 heterocycles. The first-order chi connectivity index (χ1) is 13.8. The molecule has 1 aliphatic heterocycles. The van der Waals surface area contributed by atoms with Gasteiger partial charge in [-0.1, -0.05) is 25.1 Å². The second-order valence-corrected chi connectivity index (χ2v) is 7.22. The highest BCUT2D eigenvalue weighted by molar-refractivity contribution is 5.64. The zero-order valence-corrected chi connectivity index (χ0v) is 16.7. The molecule has 5 nitrogen and oxygen atoms in total. The van der Waals surface area contributed by atoms with E-state index < -0.39 is 0 Å². The monoisotopic (exact) mass is 376 g/mol. The average molecular weight is 377 g/mol. The maximum absolute atomic E-state index is 5.31. The van der Waals surface area contributed by atoms with Crippen LogP contribution in [0.3, 0.4) is 0 Å². The van der Waals surface area contributed by atoms with Gasteiger partial charge in [0.1, 0.15) is 5.75 Å². The first-order valence-electron chi connectivity index (χ1n) is 10.00. The maximum atomic E-state index is 5.31. The molecule has 1 aliphatic rings. The highest BCUT2D eigenvalue weighted by atomic mass is 16.5. The summed E-state index contributed by atoms with van der Waals surface area (Å²) in [6, 6.07) is 18.5. The molecule has 2 aromatic carbocycles. The fourth-order valence-electron chi connectivity index (χ4n) is 3.73. The second-order valence-electron chi connectivity index (χ2n) is 7.22. The maximum Gasteiger partial charge on any atom is 0.118 e. The Morgan fingerprint density at radius 3 is 2.21 bits per heavy atom. The minimum Gasteiger partial charge on any atom is -0.497 e. The molecule has 1 aromatic heterocycles. The summed E-state index contributed by atoms with van der Waals surface area (Å²) in [7, 11) is 1.69. The number of rotatable bonds is 6. The summed E-state index contributed by atoms with van der Waals surface area (Å²) in [6.07, 6.45) is 2.18. The second kappa shape index (κ2) is 8.59. The largest absolute Gasteiger partial charge is 0.497 e. The van der Waals surface area contributed by atoms with Gasteiger partial charge < -0.3 is 9.64 Å². The normalized spacial score (nSPS) is 15.6. The summed E-state index contributed by atoms with van der Waals surface area (Å²) < 4.78 is 7.31. The number of piperazine rings is 1. The zero-order valence-electron chi connectivity index (χ0n) is 16.7. The van der Waals surface area contributed by atoms with E-state index in [0.29, 0.717) is 0 Å². The van der Waals surface area contributed by atoms with Crippen molar-refractivity contribution in [3.63, 3.8) is 0 Å². The highest BCUT2D eigenvalue weighted by Gasteiger charge is 2.19. The van der Waals surface area contributed by atoms with Crippen molar-refractivity contribution in [2.24, 2.45) is 0 Å². The molecule has 0 spiro atoms. The summed E-state index contributed by atoms with van der Waals surface area (Å²) in [6.45, 7) is 8.78. The van der Waals surface area contributed by atoms with E-state index in [9.17, 15) is 0 Å². The number of aromatic nitrogens is 2. The summed E-state index contributed by atoms with van der Waals surface area (Å²) in [5.74, 6) is 0.864. The first kappa shape index (κ1) is 18.7. The summed E-state index contributed by atoms with van der Waals surface area (Å²) in [5, 5.41) is 4.94. The van der Waals surface area contributed by atoms with Crippen molar-refractivity contribution in [2.45, 2.75) is 13.5 Å². The van der Waals surface area contributed by atoms with E-state index in [-0.39, 0.29) is 0 Å². The van der Waals surface area contributed by atoms with E-state index >= 15 is 0 Å². The fourth-order valence-corrected chi connectivity index (χ4v) is 3.73. The van der Waals surface area contributed by atoms with E-state index in [2.05, 4.69) is 47.2 Å².